The second-order valence-electron chi connectivity index (χ2n) is 11.0. The monoisotopic (exact) mass is 596 g/mol. The third-order valence-corrected chi connectivity index (χ3v) is 7.97. The molecule has 0 radical (unpaired) electrons. The van der Waals surface area contributed by atoms with E-state index in [0.717, 1.165) is 38.7 Å². The molecule has 2 aromatic heterocycles. The van der Waals surface area contributed by atoms with Crippen LogP contribution in [0.4, 0.5) is 0 Å². The lowest BCUT2D eigenvalue weighted by molar-refractivity contribution is 0.0459. The van der Waals surface area contributed by atoms with E-state index in [1.165, 1.54) is 0 Å². The van der Waals surface area contributed by atoms with Crippen molar-refractivity contribution in [2.75, 3.05) is 6.61 Å². The van der Waals surface area contributed by atoms with Crippen molar-refractivity contribution in [2.45, 2.75) is 26.2 Å². The van der Waals surface area contributed by atoms with E-state index in [0.29, 0.717) is 24.5 Å². The molecule has 7 nitrogen and oxygen atoms in total. The molecule has 45 heavy (non-hydrogen) atoms. The Morgan fingerprint density at radius 1 is 0.778 bits per heavy atom. The Bertz CT molecular complexity index is 1950. The van der Waals surface area contributed by atoms with E-state index in [1.54, 1.807) is 0 Å². The van der Waals surface area contributed by atoms with Crippen LogP contribution in [0.25, 0.3) is 22.2 Å². The molecule has 7 rings (SSSR count). The Hall–Kier alpha value is -5.56. The summed E-state index contributed by atoms with van der Waals surface area (Å²) in [5.74, 6) is 0.180. The number of ether oxygens (including phenoxy) is 4. The van der Waals surface area contributed by atoms with Crippen LogP contribution in [0.3, 0.4) is 0 Å². The fourth-order valence-electron chi connectivity index (χ4n) is 5.67. The van der Waals surface area contributed by atoms with Crippen molar-refractivity contribution < 1.29 is 23.7 Å². The molecule has 1 aliphatic heterocycles. The Balaban J connectivity index is 1.38. The van der Waals surface area contributed by atoms with Crippen LogP contribution in [0, 0.1) is 0 Å². The van der Waals surface area contributed by atoms with Crippen molar-refractivity contribution in [1.29, 1.82) is 0 Å². The zero-order chi connectivity index (χ0) is 30.6. The van der Waals surface area contributed by atoms with Crippen LogP contribution in [0.2, 0.25) is 0 Å². The van der Waals surface area contributed by atoms with Gasteiger partial charge in [-0.2, -0.15) is 0 Å². The molecule has 0 saturated heterocycles. The normalized spacial score (nSPS) is 12.0. The fraction of sp³-hybridized carbons (Fsp3) is 0.158. The highest BCUT2D eigenvalue weighted by Gasteiger charge is 2.33. The SMILES string of the molecule is Cn1ccc2c3c(ccc21)-c1nc(OCc2ccccc2)c(C(=O)OCc2ccccc2)c(OCc2ccccc2)c1OCC3. The molecule has 1 aliphatic rings. The largest absolute Gasteiger partial charge is 0.487 e. The van der Waals surface area contributed by atoms with E-state index >= 15 is 0 Å². The van der Waals surface area contributed by atoms with Gasteiger partial charge in [-0.1, -0.05) is 97.1 Å². The zero-order valence-corrected chi connectivity index (χ0v) is 24.9. The molecule has 0 unspecified atom stereocenters. The molecule has 7 heteroatoms. The maximum Gasteiger partial charge on any atom is 0.348 e. The highest BCUT2D eigenvalue weighted by molar-refractivity contribution is 5.99. The molecular formula is C38H32N2O5. The summed E-state index contributed by atoms with van der Waals surface area (Å²) < 4.78 is 27.2. The minimum Gasteiger partial charge on any atom is -0.487 e. The van der Waals surface area contributed by atoms with Gasteiger partial charge in [-0.15, -0.1) is 0 Å². The third kappa shape index (κ3) is 5.85. The highest BCUT2D eigenvalue weighted by Crippen LogP contribution is 2.47. The number of fused-ring (bicyclic) bond motifs is 5. The first-order valence-electron chi connectivity index (χ1n) is 15.0. The van der Waals surface area contributed by atoms with Crippen molar-refractivity contribution in [3.05, 3.63) is 143 Å². The van der Waals surface area contributed by atoms with E-state index in [2.05, 4.69) is 29.0 Å². The average molecular weight is 597 g/mol. The van der Waals surface area contributed by atoms with Crippen molar-refractivity contribution in [3.63, 3.8) is 0 Å². The zero-order valence-electron chi connectivity index (χ0n) is 24.9. The molecule has 0 amide bonds. The molecule has 0 spiro atoms. The molecule has 6 aromatic rings. The summed E-state index contributed by atoms with van der Waals surface area (Å²) in [5.41, 5.74) is 6.58. The lowest BCUT2D eigenvalue weighted by Gasteiger charge is -2.20. The first-order chi connectivity index (χ1) is 22.2. The Kier molecular flexibility index (Phi) is 7.89. The second-order valence-corrected chi connectivity index (χ2v) is 11.0. The van der Waals surface area contributed by atoms with Gasteiger partial charge in [0.15, 0.2) is 17.1 Å². The number of carbonyl (C=O) groups is 1. The molecule has 224 valence electrons. The van der Waals surface area contributed by atoms with Gasteiger partial charge in [0.05, 0.1) is 6.61 Å². The predicted molar refractivity (Wildman–Crippen MR) is 172 cm³/mol. The van der Waals surface area contributed by atoms with Crippen molar-refractivity contribution in [2.24, 2.45) is 7.05 Å². The number of benzene rings is 4. The number of aromatic nitrogens is 2. The number of rotatable bonds is 9. The summed E-state index contributed by atoms with van der Waals surface area (Å²) in [5, 5.41) is 1.14. The molecule has 3 heterocycles. The molecule has 0 bridgehead atoms. The second kappa shape index (κ2) is 12.6. The van der Waals surface area contributed by atoms with Crippen LogP contribution >= 0.6 is 0 Å². The molecule has 0 fully saturated rings. The number of carbonyl (C=O) groups excluding carboxylic acids is 1. The minimum atomic E-state index is -0.605. The molecule has 4 aromatic carbocycles. The Morgan fingerprint density at radius 3 is 2.07 bits per heavy atom. The van der Waals surface area contributed by atoms with Crippen LogP contribution in [0.15, 0.2) is 115 Å². The number of pyridine rings is 1. The average Bonchev–Trinajstić information content (AvgIpc) is 3.36. The van der Waals surface area contributed by atoms with E-state index in [-0.39, 0.29) is 37.0 Å². The van der Waals surface area contributed by atoms with Gasteiger partial charge in [0, 0.05) is 36.1 Å². The van der Waals surface area contributed by atoms with Crippen LogP contribution < -0.4 is 14.2 Å². The van der Waals surface area contributed by atoms with Gasteiger partial charge in [0.1, 0.15) is 25.5 Å². The van der Waals surface area contributed by atoms with Gasteiger partial charge in [-0.05, 0) is 34.4 Å². The van der Waals surface area contributed by atoms with Gasteiger partial charge in [0.25, 0.3) is 0 Å². The molecule has 0 aliphatic carbocycles. The summed E-state index contributed by atoms with van der Waals surface area (Å²) in [6, 6.07) is 35.4. The van der Waals surface area contributed by atoms with Crippen molar-refractivity contribution >= 4 is 16.9 Å². The first kappa shape index (κ1) is 28.2. The van der Waals surface area contributed by atoms with Crippen molar-refractivity contribution in [3.8, 4) is 28.6 Å². The summed E-state index contributed by atoms with van der Waals surface area (Å²) in [4.78, 5) is 19.0. The van der Waals surface area contributed by atoms with Gasteiger partial charge < -0.3 is 23.5 Å². The van der Waals surface area contributed by atoms with E-state index in [4.69, 9.17) is 23.9 Å². The van der Waals surface area contributed by atoms with Crippen LogP contribution in [0.1, 0.15) is 32.6 Å². The van der Waals surface area contributed by atoms with E-state index < -0.39 is 5.97 Å². The number of hydrogen-bond acceptors (Lipinski definition) is 6. The topological polar surface area (TPSA) is 71.8 Å². The Labute approximate surface area is 261 Å². The van der Waals surface area contributed by atoms with Gasteiger partial charge in [-0.25, -0.2) is 9.78 Å². The Morgan fingerprint density at radius 2 is 1.40 bits per heavy atom. The number of esters is 1. The number of hydrogen-bond donors (Lipinski definition) is 0. The minimum absolute atomic E-state index is 0.0860. The van der Waals surface area contributed by atoms with Crippen molar-refractivity contribution in [1.82, 2.24) is 9.55 Å². The fourth-order valence-corrected chi connectivity index (χ4v) is 5.67. The summed E-state index contributed by atoms with van der Waals surface area (Å²) in [6.07, 6.45) is 2.72. The maximum absolute atomic E-state index is 14.0. The first-order valence-corrected chi connectivity index (χ1v) is 15.0. The summed E-state index contributed by atoms with van der Waals surface area (Å²) in [6.45, 7) is 0.889. The van der Waals surface area contributed by atoms with Gasteiger partial charge in [0.2, 0.25) is 5.88 Å². The number of nitrogens with zero attached hydrogens (tertiary/aromatic N) is 2. The van der Waals surface area contributed by atoms with Crippen LogP contribution in [-0.4, -0.2) is 22.1 Å². The van der Waals surface area contributed by atoms with E-state index in [1.807, 2.05) is 98.0 Å². The summed E-state index contributed by atoms with van der Waals surface area (Å²) in [7, 11) is 2.03. The number of aryl methyl sites for hydroxylation is 1. The molecule has 0 atom stereocenters. The lowest BCUT2D eigenvalue weighted by atomic mass is 9.97. The highest BCUT2D eigenvalue weighted by atomic mass is 16.5. The predicted octanol–water partition coefficient (Wildman–Crippen LogP) is 7.69. The van der Waals surface area contributed by atoms with Gasteiger partial charge >= 0.3 is 5.97 Å². The smallest absolute Gasteiger partial charge is 0.348 e. The van der Waals surface area contributed by atoms with Gasteiger partial charge in [-0.3, -0.25) is 0 Å². The van der Waals surface area contributed by atoms with E-state index in [9.17, 15) is 4.79 Å². The molecule has 0 N–H and O–H groups in total. The van der Waals surface area contributed by atoms with Crippen LogP contribution in [0.5, 0.6) is 17.4 Å². The third-order valence-electron chi connectivity index (χ3n) is 7.97. The van der Waals surface area contributed by atoms with Crippen LogP contribution in [-0.2, 0) is 38.0 Å². The molecule has 0 saturated carbocycles. The quantitative estimate of drug-likeness (QED) is 0.159. The molecular weight excluding hydrogens is 564 g/mol. The maximum atomic E-state index is 14.0. The standard InChI is InChI=1S/C38H32N2O5/c1-40-21-19-30-29-20-22-42-36-34(31(29)17-18-32(30)40)39-37(44-24-27-13-7-3-8-14-27)33(35(36)43-23-26-11-5-2-6-12-26)38(41)45-25-28-15-9-4-10-16-28/h2-19,21H,20,22-25H2,1H3. The summed E-state index contributed by atoms with van der Waals surface area (Å²) >= 11 is 0. The lowest BCUT2D eigenvalue weighted by Crippen LogP contribution is -2.14.